The van der Waals surface area contributed by atoms with Gasteiger partial charge in [-0.15, -0.1) is 24.5 Å². The fourth-order valence-corrected chi connectivity index (χ4v) is 4.65. The van der Waals surface area contributed by atoms with Crippen molar-refractivity contribution in [2.75, 3.05) is 18.0 Å². The Morgan fingerprint density at radius 2 is 2.00 bits per heavy atom. The number of alkyl halides is 3. The van der Waals surface area contributed by atoms with Crippen LogP contribution in [0.1, 0.15) is 19.3 Å². The van der Waals surface area contributed by atoms with Gasteiger partial charge >= 0.3 is 6.36 Å². The van der Waals surface area contributed by atoms with E-state index in [1.165, 1.54) is 29.9 Å². The lowest BCUT2D eigenvalue weighted by atomic mass is 9.94. The van der Waals surface area contributed by atoms with Gasteiger partial charge in [0.15, 0.2) is 5.58 Å². The topological polar surface area (TPSA) is 63.4 Å². The summed E-state index contributed by atoms with van der Waals surface area (Å²) in [6.45, 7) is 1.53. The van der Waals surface area contributed by atoms with Crippen molar-refractivity contribution >= 4 is 28.5 Å². The number of halogens is 3. The number of aromatic nitrogens is 2. The molecule has 1 N–H and O–H groups in total. The van der Waals surface area contributed by atoms with Gasteiger partial charge in [0.25, 0.3) is 6.01 Å². The molecule has 5 rings (SSSR count). The van der Waals surface area contributed by atoms with Crippen molar-refractivity contribution in [1.82, 2.24) is 15.3 Å². The SMILES string of the molecule is FC(F)(F)Oc1cc(-c2nccs2)c2oc(N3CC4CCCC(C3)N4)nc2c1. The first-order chi connectivity index (χ1) is 13.4. The predicted molar refractivity (Wildman–Crippen MR) is 98.6 cm³/mol. The second kappa shape index (κ2) is 6.63. The van der Waals surface area contributed by atoms with E-state index in [1.807, 2.05) is 0 Å². The van der Waals surface area contributed by atoms with Crippen LogP contribution >= 0.6 is 11.3 Å². The minimum absolute atomic E-state index is 0.325. The molecule has 2 aliphatic rings. The smallest absolute Gasteiger partial charge is 0.423 e. The zero-order valence-corrected chi connectivity index (χ0v) is 15.5. The monoisotopic (exact) mass is 410 g/mol. The second-order valence-electron chi connectivity index (χ2n) is 7.10. The lowest BCUT2D eigenvalue weighted by Gasteiger charge is -2.41. The van der Waals surface area contributed by atoms with E-state index in [4.69, 9.17) is 4.42 Å². The third-order valence-electron chi connectivity index (χ3n) is 5.08. The molecule has 6 nitrogen and oxygen atoms in total. The molecule has 28 heavy (non-hydrogen) atoms. The number of ether oxygens (including phenoxy) is 1. The Balaban J connectivity index is 1.57. The highest BCUT2D eigenvalue weighted by Gasteiger charge is 2.34. The highest BCUT2D eigenvalue weighted by molar-refractivity contribution is 7.13. The molecule has 1 aromatic carbocycles. The molecule has 0 spiro atoms. The van der Waals surface area contributed by atoms with Crippen LogP contribution in [-0.2, 0) is 0 Å². The molecular weight excluding hydrogens is 393 g/mol. The molecule has 148 valence electrons. The summed E-state index contributed by atoms with van der Waals surface area (Å²) >= 11 is 1.32. The van der Waals surface area contributed by atoms with Gasteiger partial charge in [-0.3, -0.25) is 0 Å². The molecule has 4 heterocycles. The van der Waals surface area contributed by atoms with Crippen molar-refractivity contribution in [2.24, 2.45) is 0 Å². The van der Waals surface area contributed by atoms with Gasteiger partial charge in [-0.2, -0.15) is 4.98 Å². The number of nitrogens with one attached hydrogen (secondary N) is 1. The molecule has 2 atom stereocenters. The fourth-order valence-electron chi connectivity index (χ4n) is 4.00. The summed E-state index contributed by atoms with van der Waals surface area (Å²) in [7, 11) is 0. The number of piperidine rings is 1. The molecule has 2 unspecified atom stereocenters. The highest BCUT2D eigenvalue weighted by Crippen LogP contribution is 2.38. The van der Waals surface area contributed by atoms with Crippen LogP contribution in [0.4, 0.5) is 19.2 Å². The first-order valence-electron chi connectivity index (χ1n) is 9.06. The maximum atomic E-state index is 12.7. The van der Waals surface area contributed by atoms with E-state index < -0.39 is 6.36 Å². The summed E-state index contributed by atoms with van der Waals surface area (Å²) in [5, 5.41) is 5.90. The average Bonchev–Trinajstić information content (AvgIpc) is 3.29. The van der Waals surface area contributed by atoms with Crippen LogP contribution in [-0.4, -0.2) is 41.5 Å². The maximum absolute atomic E-state index is 12.7. The van der Waals surface area contributed by atoms with Crippen LogP contribution in [0.25, 0.3) is 21.7 Å². The van der Waals surface area contributed by atoms with Crippen molar-refractivity contribution < 1.29 is 22.3 Å². The van der Waals surface area contributed by atoms with Crippen molar-refractivity contribution in [1.29, 1.82) is 0 Å². The van der Waals surface area contributed by atoms with Gasteiger partial charge in [-0.25, -0.2) is 4.98 Å². The van der Waals surface area contributed by atoms with Crippen molar-refractivity contribution in [2.45, 2.75) is 37.7 Å². The Morgan fingerprint density at radius 3 is 2.68 bits per heavy atom. The molecule has 0 radical (unpaired) electrons. The van der Waals surface area contributed by atoms with Gasteiger partial charge in [0.05, 0.1) is 5.56 Å². The van der Waals surface area contributed by atoms with Crippen LogP contribution in [0.5, 0.6) is 5.75 Å². The molecule has 0 amide bonds. The van der Waals surface area contributed by atoms with Crippen LogP contribution in [0.2, 0.25) is 0 Å². The van der Waals surface area contributed by atoms with Crippen LogP contribution in [0.3, 0.4) is 0 Å². The number of rotatable bonds is 3. The van der Waals surface area contributed by atoms with Crippen LogP contribution < -0.4 is 15.0 Å². The quantitative estimate of drug-likeness (QED) is 0.699. The zero-order chi connectivity index (χ0) is 19.3. The Kier molecular flexibility index (Phi) is 4.20. The molecule has 2 fully saturated rings. The summed E-state index contributed by atoms with van der Waals surface area (Å²) < 4.78 is 48.4. The minimum atomic E-state index is -4.78. The van der Waals surface area contributed by atoms with E-state index in [-0.39, 0.29) is 5.75 Å². The molecule has 3 aromatic rings. The zero-order valence-electron chi connectivity index (χ0n) is 14.7. The maximum Gasteiger partial charge on any atom is 0.573 e. The van der Waals surface area contributed by atoms with Crippen molar-refractivity contribution in [3.8, 4) is 16.3 Å². The third kappa shape index (κ3) is 3.42. The first kappa shape index (κ1) is 17.7. The Morgan fingerprint density at radius 1 is 1.21 bits per heavy atom. The Labute approximate surface area is 162 Å². The standard InChI is InChI=1S/C18H17F3N4O2S/c19-18(20,21)27-12-6-13(16-22-4-5-28-16)15-14(7-12)24-17(26-15)25-8-10-2-1-3-11(9-25)23-10/h4-7,10-11,23H,1-3,8-9H2. The molecular formula is C18H17F3N4O2S. The van der Waals surface area contributed by atoms with Crippen molar-refractivity contribution in [3.63, 3.8) is 0 Å². The molecule has 2 aromatic heterocycles. The second-order valence-corrected chi connectivity index (χ2v) is 7.99. The van der Waals surface area contributed by atoms with Gasteiger partial charge in [-0.1, -0.05) is 6.42 Å². The summed E-state index contributed by atoms with van der Waals surface area (Å²) in [6.07, 6.45) is 0.215. The van der Waals surface area contributed by atoms with E-state index in [0.717, 1.165) is 25.9 Å². The van der Waals surface area contributed by atoms with Crippen LogP contribution in [0.15, 0.2) is 28.1 Å². The van der Waals surface area contributed by atoms with Gasteiger partial charge in [0, 0.05) is 42.8 Å². The molecule has 2 saturated heterocycles. The summed E-state index contributed by atoms with van der Waals surface area (Å²) in [4.78, 5) is 10.8. The first-order valence-corrected chi connectivity index (χ1v) is 9.94. The van der Waals surface area contributed by atoms with E-state index >= 15 is 0 Å². The molecule has 0 aliphatic carbocycles. The van der Waals surface area contributed by atoms with Gasteiger partial charge in [0.1, 0.15) is 16.3 Å². The lowest BCUT2D eigenvalue weighted by molar-refractivity contribution is -0.274. The molecule has 0 saturated carbocycles. The predicted octanol–water partition coefficient (Wildman–Crippen LogP) is 4.18. The van der Waals surface area contributed by atoms with Gasteiger partial charge in [-0.05, 0) is 18.9 Å². The van der Waals surface area contributed by atoms with Crippen LogP contribution in [0, 0.1) is 0 Å². The number of benzene rings is 1. The molecule has 10 heteroatoms. The van der Waals surface area contributed by atoms with Gasteiger partial charge < -0.3 is 19.4 Å². The number of nitrogens with zero attached hydrogens (tertiary/aromatic N) is 3. The number of hydrogen-bond acceptors (Lipinski definition) is 7. The summed E-state index contributed by atoms with van der Waals surface area (Å²) in [6, 6.07) is 3.75. The number of fused-ring (bicyclic) bond motifs is 3. The number of thiazole rings is 1. The van der Waals surface area contributed by atoms with E-state index in [0.29, 0.717) is 39.8 Å². The number of oxazole rings is 1. The van der Waals surface area contributed by atoms with E-state index in [2.05, 4.69) is 24.9 Å². The lowest BCUT2D eigenvalue weighted by Crippen LogP contribution is -2.58. The Bertz CT molecular complexity index is 977. The molecule has 2 bridgehead atoms. The largest absolute Gasteiger partial charge is 0.573 e. The average molecular weight is 410 g/mol. The number of piperazine rings is 1. The normalized spacial score (nSPS) is 22.6. The summed E-state index contributed by atoms with van der Waals surface area (Å²) in [5.41, 5.74) is 1.19. The van der Waals surface area contributed by atoms with E-state index in [9.17, 15) is 13.2 Å². The molecule has 2 aliphatic heterocycles. The minimum Gasteiger partial charge on any atom is -0.423 e. The fraction of sp³-hybridized carbons (Fsp3) is 0.444. The van der Waals surface area contributed by atoms with Gasteiger partial charge in [0.2, 0.25) is 0 Å². The van der Waals surface area contributed by atoms with E-state index in [1.54, 1.807) is 11.6 Å². The Hall–Kier alpha value is -2.33. The number of hydrogen-bond donors (Lipinski definition) is 1. The number of anilines is 1. The summed E-state index contributed by atoms with van der Waals surface area (Å²) in [5.74, 6) is -0.331. The third-order valence-corrected chi connectivity index (χ3v) is 5.88. The van der Waals surface area contributed by atoms with Crippen molar-refractivity contribution in [3.05, 3.63) is 23.7 Å². The highest BCUT2D eigenvalue weighted by atomic mass is 32.1.